The first-order valence-corrected chi connectivity index (χ1v) is 5.51. The number of H-pyrrole nitrogens is 1. The predicted octanol–water partition coefficient (Wildman–Crippen LogP) is 1.94. The quantitative estimate of drug-likeness (QED) is 0.554. The van der Waals surface area contributed by atoms with Crippen LogP contribution in [0.15, 0.2) is 42.0 Å². The lowest BCUT2D eigenvalue weighted by molar-refractivity contribution is 0.628. The smallest absolute Gasteiger partial charge is 0.182 e. The van der Waals surface area contributed by atoms with Crippen molar-refractivity contribution >= 4 is 23.2 Å². The number of benzene rings is 1. The van der Waals surface area contributed by atoms with Gasteiger partial charge in [0.1, 0.15) is 17.7 Å². The second-order valence-corrected chi connectivity index (χ2v) is 3.74. The van der Waals surface area contributed by atoms with Gasteiger partial charge in [-0.15, -0.1) is 0 Å². The third-order valence-corrected chi connectivity index (χ3v) is 2.48. The standard InChI is InChI=1S/C12H9FN6/c13-9-3-1-8(2-4-9)5-18-19-12-10-11(15-6-14-10)16-7-17-12/h1-7H,(H2,14,15,16,17,19)/b18-5+. The molecule has 0 saturated carbocycles. The fourth-order valence-corrected chi connectivity index (χ4v) is 1.57. The van der Waals surface area contributed by atoms with Gasteiger partial charge < -0.3 is 4.98 Å². The molecule has 0 spiro atoms. The van der Waals surface area contributed by atoms with Gasteiger partial charge in [-0.25, -0.2) is 19.3 Å². The molecular formula is C12H9FN6. The summed E-state index contributed by atoms with van der Waals surface area (Å²) < 4.78 is 12.7. The first kappa shape index (κ1) is 11.3. The van der Waals surface area contributed by atoms with E-state index in [2.05, 4.69) is 30.5 Å². The van der Waals surface area contributed by atoms with Gasteiger partial charge in [0.25, 0.3) is 0 Å². The largest absolute Gasteiger partial charge is 0.340 e. The molecule has 0 unspecified atom stereocenters. The molecule has 3 aromatic rings. The van der Waals surface area contributed by atoms with Gasteiger partial charge in [0.15, 0.2) is 11.5 Å². The zero-order chi connectivity index (χ0) is 13.1. The van der Waals surface area contributed by atoms with Crippen LogP contribution < -0.4 is 5.43 Å². The van der Waals surface area contributed by atoms with E-state index < -0.39 is 0 Å². The summed E-state index contributed by atoms with van der Waals surface area (Å²) in [5.41, 5.74) is 4.82. The zero-order valence-corrected chi connectivity index (χ0v) is 9.71. The molecule has 0 bridgehead atoms. The Morgan fingerprint density at radius 1 is 1.16 bits per heavy atom. The molecule has 3 rings (SSSR count). The van der Waals surface area contributed by atoms with E-state index in [0.29, 0.717) is 17.0 Å². The Morgan fingerprint density at radius 2 is 2.00 bits per heavy atom. The average Bonchev–Trinajstić information content (AvgIpc) is 2.90. The first-order valence-electron chi connectivity index (χ1n) is 5.51. The molecule has 0 atom stereocenters. The highest BCUT2D eigenvalue weighted by molar-refractivity contribution is 5.84. The van der Waals surface area contributed by atoms with Crippen molar-refractivity contribution in [2.45, 2.75) is 0 Å². The van der Waals surface area contributed by atoms with Crippen LogP contribution in [0.25, 0.3) is 11.2 Å². The molecule has 0 aliphatic rings. The molecule has 7 heteroatoms. The molecule has 0 amide bonds. The van der Waals surface area contributed by atoms with Crippen LogP contribution >= 0.6 is 0 Å². The summed E-state index contributed by atoms with van der Waals surface area (Å²) in [6.07, 6.45) is 4.51. The Hall–Kier alpha value is -2.83. The van der Waals surface area contributed by atoms with Crippen LogP contribution in [0.3, 0.4) is 0 Å². The van der Waals surface area contributed by atoms with Crippen LogP contribution in [0.2, 0.25) is 0 Å². The maximum Gasteiger partial charge on any atom is 0.182 e. The summed E-state index contributed by atoms with van der Waals surface area (Å²) in [5.74, 6) is 0.251. The number of nitrogens with one attached hydrogen (secondary N) is 2. The maximum atomic E-state index is 12.7. The molecule has 19 heavy (non-hydrogen) atoms. The summed E-state index contributed by atoms with van der Waals surface area (Å²) >= 11 is 0. The predicted molar refractivity (Wildman–Crippen MR) is 69.3 cm³/mol. The second kappa shape index (κ2) is 4.81. The monoisotopic (exact) mass is 256 g/mol. The molecule has 0 aliphatic carbocycles. The van der Waals surface area contributed by atoms with E-state index in [1.807, 2.05) is 0 Å². The van der Waals surface area contributed by atoms with Crippen LogP contribution in [0.4, 0.5) is 10.2 Å². The topological polar surface area (TPSA) is 78.8 Å². The minimum absolute atomic E-state index is 0.278. The normalized spacial score (nSPS) is 11.2. The molecule has 2 heterocycles. The van der Waals surface area contributed by atoms with Crippen molar-refractivity contribution in [3.05, 3.63) is 48.3 Å². The number of aromatic nitrogens is 4. The highest BCUT2D eigenvalue weighted by Gasteiger charge is 2.03. The van der Waals surface area contributed by atoms with Gasteiger partial charge in [-0.05, 0) is 17.7 Å². The number of halogens is 1. The van der Waals surface area contributed by atoms with Crippen molar-refractivity contribution in [3.63, 3.8) is 0 Å². The van der Waals surface area contributed by atoms with E-state index in [1.165, 1.54) is 24.8 Å². The molecule has 0 radical (unpaired) electrons. The Kier molecular flexibility index (Phi) is 2.85. The molecule has 0 fully saturated rings. The Bertz CT molecular complexity index is 718. The summed E-state index contributed by atoms with van der Waals surface area (Å²) in [5, 5.41) is 4.04. The highest BCUT2D eigenvalue weighted by Crippen LogP contribution is 2.13. The number of aromatic amines is 1. The van der Waals surface area contributed by atoms with E-state index >= 15 is 0 Å². The third-order valence-electron chi connectivity index (χ3n) is 2.48. The average molecular weight is 256 g/mol. The molecule has 2 aromatic heterocycles. The minimum atomic E-state index is -0.278. The Labute approximate surface area is 107 Å². The van der Waals surface area contributed by atoms with E-state index in [-0.39, 0.29) is 5.82 Å². The number of anilines is 1. The number of imidazole rings is 1. The molecule has 0 saturated heterocycles. The summed E-state index contributed by atoms with van der Waals surface area (Å²) in [7, 11) is 0. The van der Waals surface area contributed by atoms with Crippen molar-refractivity contribution in [2.24, 2.45) is 5.10 Å². The lowest BCUT2D eigenvalue weighted by Crippen LogP contribution is -1.95. The molecule has 6 nitrogen and oxygen atoms in total. The van der Waals surface area contributed by atoms with Gasteiger partial charge in [0.2, 0.25) is 0 Å². The summed E-state index contributed by atoms with van der Waals surface area (Å²) in [6.45, 7) is 0. The number of hydrazone groups is 1. The number of hydrogen-bond acceptors (Lipinski definition) is 5. The Morgan fingerprint density at radius 3 is 2.84 bits per heavy atom. The second-order valence-electron chi connectivity index (χ2n) is 3.74. The van der Waals surface area contributed by atoms with Crippen LogP contribution in [-0.4, -0.2) is 26.2 Å². The highest BCUT2D eigenvalue weighted by atomic mass is 19.1. The molecule has 94 valence electrons. The fourth-order valence-electron chi connectivity index (χ4n) is 1.57. The fraction of sp³-hybridized carbons (Fsp3) is 0. The SMILES string of the molecule is Fc1ccc(/C=N/Nc2ncnc3nc[nH]c23)cc1. The van der Waals surface area contributed by atoms with E-state index in [0.717, 1.165) is 5.56 Å². The van der Waals surface area contributed by atoms with Crippen molar-refractivity contribution in [3.8, 4) is 0 Å². The molecule has 2 N–H and O–H groups in total. The van der Waals surface area contributed by atoms with Crippen LogP contribution in [-0.2, 0) is 0 Å². The first-order chi connectivity index (χ1) is 9.33. The maximum absolute atomic E-state index is 12.7. The van der Waals surface area contributed by atoms with E-state index in [4.69, 9.17) is 0 Å². The third kappa shape index (κ3) is 2.39. The summed E-state index contributed by atoms with van der Waals surface area (Å²) in [4.78, 5) is 15.0. The van der Waals surface area contributed by atoms with E-state index in [9.17, 15) is 4.39 Å². The number of nitrogens with zero attached hydrogens (tertiary/aromatic N) is 4. The van der Waals surface area contributed by atoms with Gasteiger partial charge in [-0.1, -0.05) is 12.1 Å². The van der Waals surface area contributed by atoms with Crippen molar-refractivity contribution in [1.29, 1.82) is 0 Å². The number of hydrogen-bond donors (Lipinski definition) is 2. The van der Waals surface area contributed by atoms with Crippen molar-refractivity contribution in [1.82, 2.24) is 19.9 Å². The van der Waals surface area contributed by atoms with Gasteiger partial charge in [0.05, 0.1) is 12.5 Å². The van der Waals surface area contributed by atoms with E-state index in [1.54, 1.807) is 18.3 Å². The number of fused-ring (bicyclic) bond motifs is 1. The van der Waals surface area contributed by atoms with Gasteiger partial charge in [-0.3, -0.25) is 5.43 Å². The Balaban J connectivity index is 1.78. The van der Waals surface area contributed by atoms with Gasteiger partial charge >= 0.3 is 0 Å². The molecule has 1 aromatic carbocycles. The van der Waals surface area contributed by atoms with Crippen LogP contribution in [0.5, 0.6) is 0 Å². The van der Waals surface area contributed by atoms with Crippen LogP contribution in [0, 0.1) is 5.82 Å². The summed E-state index contributed by atoms with van der Waals surface area (Å²) in [6, 6.07) is 6.01. The van der Waals surface area contributed by atoms with Crippen molar-refractivity contribution in [2.75, 3.05) is 5.43 Å². The van der Waals surface area contributed by atoms with Gasteiger partial charge in [0, 0.05) is 0 Å². The van der Waals surface area contributed by atoms with Gasteiger partial charge in [-0.2, -0.15) is 5.10 Å². The lowest BCUT2D eigenvalue weighted by Gasteiger charge is -1.99. The zero-order valence-electron chi connectivity index (χ0n) is 9.71. The number of rotatable bonds is 3. The lowest BCUT2D eigenvalue weighted by atomic mass is 10.2. The molecular weight excluding hydrogens is 247 g/mol. The van der Waals surface area contributed by atoms with Crippen LogP contribution in [0.1, 0.15) is 5.56 Å². The minimum Gasteiger partial charge on any atom is -0.340 e. The van der Waals surface area contributed by atoms with Crippen molar-refractivity contribution < 1.29 is 4.39 Å². The molecule has 0 aliphatic heterocycles.